The number of aliphatic hydroxyl groups is 11. The minimum Gasteiger partial charge on any atom is -0.508 e. The van der Waals surface area contributed by atoms with Crippen molar-refractivity contribution in [2.45, 2.75) is 137 Å². The number of phenols is 2. The van der Waals surface area contributed by atoms with Crippen LogP contribution in [0.2, 0.25) is 0 Å². The lowest BCUT2D eigenvalue weighted by atomic mass is 9.96. The molecule has 0 saturated carbocycles. The van der Waals surface area contributed by atoms with Gasteiger partial charge >= 0.3 is 5.97 Å². The van der Waals surface area contributed by atoms with Gasteiger partial charge in [-0.2, -0.15) is 0 Å². The number of rotatable bonds is 13. The van der Waals surface area contributed by atoms with Gasteiger partial charge in [0.2, 0.25) is 6.29 Å². The lowest BCUT2D eigenvalue weighted by Crippen LogP contribution is -2.67. The molecule has 0 spiro atoms. The first-order chi connectivity index (χ1) is 31.3. The number of esters is 1. The first kappa shape index (κ1) is 49.7. The van der Waals surface area contributed by atoms with E-state index < -0.39 is 165 Å². The fraction of sp³-hybridized carbons (Fsp3) is 0.610. The van der Waals surface area contributed by atoms with Crippen molar-refractivity contribution in [2.75, 3.05) is 19.8 Å². The second kappa shape index (κ2) is 20.6. The normalized spacial score (nSPS) is 39.7. The number of aromatic hydroxyl groups is 2. The van der Waals surface area contributed by atoms with Crippen LogP contribution in [-0.4, -0.2) is 215 Å². The van der Waals surface area contributed by atoms with Crippen molar-refractivity contribution in [3.8, 4) is 28.6 Å². The Bertz CT molecular complexity index is 2170. The predicted molar refractivity (Wildman–Crippen MR) is 212 cm³/mol. The molecule has 20 atom stereocenters. The molecule has 4 saturated heterocycles. The SMILES string of the molecule is CC(=O)OC[C@H]1O[C@@H](O[C@H]2[C@H](Oc3ccc(O)c4c(=O)cc(-c5ccc(O)cc5)oc34)O[C@H](CO[C@@H]3O[C@@H](C)[C@H](O)[C@@H](O)[C@H]3O)[C@@H](O)[C@@H]2O)[C@H](O[C@@H]2O[C@H](CO)[C@@H](O)[C@H](O)[C@H]2O)[C@@H](O)[C@@H]1O. The van der Waals surface area contributed by atoms with Gasteiger partial charge in [-0.25, -0.2) is 0 Å². The van der Waals surface area contributed by atoms with Crippen LogP contribution in [0.15, 0.2) is 51.7 Å². The molecule has 0 bridgehead atoms. The second-order valence-corrected chi connectivity index (χ2v) is 16.2. The lowest BCUT2D eigenvalue weighted by Gasteiger charge is -2.48. The Morgan fingerprint density at radius 1 is 0.621 bits per heavy atom. The minimum atomic E-state index is -2.14. The molecule has 0 amide bonds. The van der Waals surface area contributed by atoms with Crippen LogP contribution >= 0.6 is 0 Å². The Kier molecular flexibility index (Phi) is 15.5. The number of carbonyl (C=O) groups is 1. The number of fused-ring (bicyclic) bond motifs is 1. The third kappa shape index (κ3) is 10.1. The third-order valence-corrected chi connectivity index (χ3v) is 11.6. The molecule has 5 heterocycles. The van der Waals surface area contributed by atoms with Gasteiger partial charge in [0.25, 0.3) is 0 Å². The molecular formula is C41H52O25. The van der Waals surface area contributed by atoms with E-state index in [1.54, 1.807) is 0 Å². The molecule has 366 valence electrons. The Morgan fingerprint density at radius 2 is 1.18 bits per heavy atom. The molecule has 66 heavy (non-hydrogen) atoms. The quantitative estimate of drug-likeness (QED) is 0.0715. The summed E-state index contributed by atoms with van der Waals surface area (Å²) in [6.07, 6.45) is -36.5. The van der Waals surface area contributed by atoms with Crippen molar-refractivity contribution in [2.24, 2.45) is 0 Å². The molecule has 4 aliphatic heterocycles. The van der Waals surface area contributed by atoms with Crippen LogP contribution in [0.3, 0.4) is 0 Å². The van der Waals surface area contributed by atoms with Gasteiger partial charge in [0, 0.05) is 18.6 Å². The number of benzene rings is 2. The standard InChI is InChI=1S/C41H52O25/c1-13-25(47)29(51)33(55)38(59-13)58-12-23-28(50)31(53)36(40(63-23)61-19-8-7-17(45)24-18(46)9-20(60-35(19)24)15-3-5-16(44)6-4-15)66-41-37(32(54)27(49)22(64-41)11-57-14(2)43)65-39-34(56)30(52)26(48)21(10-42)62-39/h3-9,13,21-23,25-34,36-42,44-45,47-56H,10-12H2,1-2H3/t13-,21+,22+,23+,25-,26+,27+,28+,29+,30-,31-,32-,33+,34+,36+,37+,38+,39-,40+,41-/m0/s1. The van der Waals surface area contributed by atoms with Gasteiger partial charge in [-0.05, 0) is 43.3 Å². The summed E-state index contributed by atoms with van der Waals surface area (Å²) in [4.78, 5) is 25.2. The van der Waals surface area contributed by atoms with Gasteiger partial charge in [-0.1, -0.05) is 0 Å². The molecular weight excluding hydrogens is 892 g/mol. The number of phenolic OH excluding ortho intramolecular Hbond substituents is 2. The summed E-state index contributed by atoms with van der Waals surface area (Å²) in [6, 6.07) is 8.77. The maximum atomic E-state index is 13.5. The topological polar surface area (TPSA) is 393 Å². The van der Waals surface area contributed by atoms with Crippen LogP contribution in [0.25, 0.3) is 22.3 Å². The van der Waals surface area contributed by atoms with Crippen LogP contribution in [0.5, 0.6) is 17.2 Å². The zero-order valence-corrected chi connectivity index (χ0v) is 34.9. The van der Waals surface area contributed by atoms with Crippen molar-refractivity contribution in [1.29, 1.82) is 0 Å². The van der Waals surface area contributed by atoms with Gasteiger partial charge in [-0.3, -0.25) is 9.59 Å². The molecule has 2 aromatic carbocycles. The van der Waals surface area contributed by atoms with E-state index in [1.165, 1.54) is 31.2 Å². The van der Waals surface area contributed by atoms with E-state index in [-0.39, 0.29) is 22.8 Å². The Balaban J connectivity index is 1.26. The molecule has 3 aromatic rings. The summed E-state index contributed by atoms with van der Waals surface area (Å²) in [7, 11) is 0. The highest BCUT2D eigenvalue weighted by atomic mass is 16.8. The summed E-state index contributed by atoms with van der Waals surface area (Å²) >= 11 is 0. The third-order valence-electron chi connectivity index (χ3n) is 11.6. The average Bonchev–Trinajstić information content (AvgIpc) is 3.29. The summed E-state index contributed by atoms with van der Waals surface area (Å²) < 4.78 is 57.8. The molecule has 7 rings (SSSR count). The highest BCUT2D eigenvalue weighted by Crippen LogP contribution is 2.38. The molecule has 4 aliphatic rings. The minimum absolute atomic E-state index is 0.0650. The van der Waals surface area contributed by atoms with Crippen LogP contribution in [0.4, 0.5) is 0 Å². The number of ether oxygens (including phenoxy) is 9. The number of aliphatic hydroxyl groups excluding tert-OH is 11. The van der Waals surface area contributed by atoms with Crippen molar-refractivity contribution < 1.29 is 118 Å². The zero-order valence-electron chi connectivity index (χ0n) is 34.9. The van der Waals surface area contributed by atoms with Crippen LogP contribution in [0, 0.1) is 0 Å². The van der Waals surface area contributed by atoms with Crippen molar-refractivity contribution >= 4 is 16.9 Å². The number of carbonyl (C=O) groups excluding carboxylic acids is 1. The highest BCUT2D eigenvalue weighted by Gasteiger charge is 2.55. The second-order valence-electron chi connectivity index (χ2n) is 16.2. The zero-order chi connectivity index (χ0) is 47.9. The molecule has 25 nitrogen and oxygen atoms in total. The molecule has 0 radical (unpaired) electrons. The van der Waals surface area contributed by atoms with Gasteiger partial charge < -0.3 is 113 Å². The van der Waals surface area contributed by atoms with Crippen LogP contribution in [-0.2, 0) is 42.7 Å². The molecule has 0 aliphatic carbocycles. The van der Waals surface area contributed by atoms with Gasteiger partial charge in [0.1, 0.15) is 115 Å². The Morgan fingerprint density at radius 3 is 1.83 bits per heavy atom. The Labute approximate surface area is 372 Å². The monoisotopic (exact) mass is 944 g/mol. The summed E-state index contributed by atoms with van der Waals surface area (Å²) in [5.74, 6) is -1.90. The van der Waals surface area contributed by atoms with Crippen molar-refractivity contribution in [3.05, 3.63) is 52.7 Å². The smallest absolute Gasteiger partial charge is 0.302 e. The molecule has 13 N–H and O–H groups in total. The summed E-state index contributed by atoms with van der Waals surface area (Å²) in [6.45, 7) is 0.119. The van der Waals surface area contributed by atoms with Gasteiger partial charge in [0.05, 0.1) is 19.3 Å². The molecule has 4 fully saturated rings. The molecule has 0 unspecified atom stereocenters. The first-order valence-corrected chi connectivity index (χ1v) is 20.6. The maximum absolute atomic E-state index is 13.5. The fourth-order valence-electron chi connectivity index (χ4n) is 7.82. The van der Waals surface area contributed by atoms with E-state index in [9.17, 15) is 76.0 Å². The van der Waals surface area contributed by atoms with E-state index in [2.05, 4.69) is 0 Å². The summed E-state index contributed by atoms with van der Waals surface area (Å²) in [5, 5.41) is 139. The predicted octanol–water partition coefficient (Wildman–Crippen LogP) is -4.88. The largest absolute Gasteiger partial charge is 0.508 e. The Hall–Kier alpha value is -4.20. The fourth-order valence-corrected chi connectivity index (χ4v) is 7.82. The maximum Gasteiger partial charge on any atom is 0.302 e. The van der Waals surface area contributed by atoms with E-state index in [1.807, 2.05) is 0 Å². The number of hydrogen-bond acceptors (Lipinski definition) is 25. The molecule has 1 aromatic heterocycles. The average molecular weight is 945 g/mol. The number of hydrogen-bond donors (Lipinski definition) is 13. The summed E-state index contributed by atoms with van der Waals surface area (Å²) in [5.41, 5.74) is -0.849. The van der Waals surface area contributed by atoms with E-state index in [0.29, 0.717) is 5.56 Å². The highest BCUT2D eigenvalue weighted by molar-refractivity contribution is 5.89. The van der Waals surface area contributed by atoms with Crippen molar-refractivity contribution in [3.63, 3.8) is 0 Å². The van der Waals surface area contributed by atoms with E-state index in [4.69, 9.17) is 47.0 Å². The van der Waals surface area contributed by atoms with Crippen molar-refractivity contribution in [1.82, 2.24) is 0 Å². The van der Waals surface area contributed by atoms with Crippen LogP contribution < -0.4 is 10.2 Å². The first-order valence-electron chi connectivity index (χ1n) is 20.6. The van der Waals surface area contributed by atoms with Gasteiger partial charge in [-0.15, -0.1) is 0 Å². The van der Waals surface area contributed by atoms with Gasteiger partial charge in [0.15, 0.2) is 41.7 Å². The molecule has 25 heteroatoms. The van der Waals surface area contributed by atoms with Crippen LogP contribution in [0.1, 0.15) is 13.8 Å². The van der Waals surface area contributed by atoms with E-state index in [0.717, 1.165) is 25.1 Å². The van der Waals surface area contributed by atoms with E-state index >= 15 is 0 Å². The lowest BCUT2D eigenvalue weighted by molar-refractivity contribution is -0.390.